The SMILES string of the molecule is CNCC1CCN(CCc2ncn(C)n2)C1. The molecule has 1 aliphatic rings. The highest BCUT2D eigenvalue weighted by Gasteiger charge is 2.21. The van der Waals surface area contributed by atoms with E-state index in [1.807, 2.05) is 14.1 Å². The van der Waals surface area contributed by atoms with Crippen LogP contribution in [0.5, 0.6) is 0 Å². The number of nitrogens with zero attached hydrogens (tertiary/aromatic N) is 4. The lowest BCUT2D eigenvalue weighted by Crippen LogP contribution is -2.26. The average Bonchev–Trinajstić information content (AvgIpc) is 2.85. The Balaban J connectivity index is 1.71. The number of aromatic nitrogens is 3. The van der Waals surface area contributed by atoms with Gasteiger partial charge in [0.05, 0.1) is 0 Å². The van der Waals surface area contributed by atoms with Crippen molar-refractivity contribution in [1.82, 2.24) is 25.0 Å². The van der Waals surface area contributed by atoms with Crippen molar-refractivity contribution in [3.8, 4) is 0 Å². The molecule has 16 heavy (non-hydrogen) atoms. The Kier molecular flexibility index (Phi) is 3.90. The van der Waals surface area contributed by atoms with Gasteiger partial charge in [-0.05, 0) is 32.5 Å². The average molecular weight is 223 g/mol. The van der Waals surface area contributed by atoms with E-state index in [-0.39, 0.29) is 0 Å². The van der Waals surface area contributed by atoms with Crippen LogP contribution in [0, 0.1) is 5.92 Å². The standard InChI is InChI=1S/C11H21N5/c1-12-7-10-3-5-16(8-10)6-4-11-13-9-15(2)14-11/h9-10,12H,3-8H2,1-2H3. The van der Waals surface area contributed by atoms with E-state index in [4.69, 9.17) is 0 Å². The molecule has 0 spiro atoms. The highest BCUT2D eigenvalue weighted by Crippen LogP contribution is 2.15. The van der Waals surface area contributed by atoms with E-state index in [2.05, 4.69) is 20.3 Å². The zero-order chi connectivity index (χ0) is 11.4. The molecule has 1 aliphatic heterocycles. The molecule has 1 atom stereocenters. The molecular formula is C11H21N5. The summed E-state index contributed by atoms with van der Waals surface area (Å²) in [4.78, 5) is 6.76. The van der Waals surface area contributed by atoms with Crippen molar-refractivity contribution < 1.29 is 0 Å². The predicted octanol–water partition coefficient (Wildman–Crippen LogP) is -0.101. The van der Waals surface area contributed by atoms with E-state index >= 15 is 0 Å². The summed E-state index contributed by atoms with van der Waals surface area (Å²) in [6.07, 6.45) is 4.05. The Morgan fingerprint density at radius 1 is 1.56 bits per heavy atom. The number of hydrogen-bond donors (Lipinski definition) is 1. The van der Waals surface area contributed by atoms with Gasteiger partial charge >= 0.3 is 0 Å². The van der Waals surface area contributed by atoms with E-state index in [1.54, 1.807) is 11.0 Å². The minimum atomic E-state index is 0.821. The minimum Gasteiger partial charge on any atom is -0.319 e. The molecule has 0 aromatic carbocycles. The van der Waals surface area contributed by atoms with Crippen LogP contribution in [0.3, 0.4) is 0 Å². The first-order chi connectivity index (χ1) is 7.78. The smallest absolute Gasteiger partial charge is 0.151 e. The van der Waals surface area contributed by atoms with Crippen molar-refractivity contribution in [3.63, 3.8) is 0 Å². The molecule has 1 saturated heterocycles. The number of hydrogen-bond acceptors (Lipinski definition) is 4. The zero-order valence-corrected chi connectivity index (χ0v) is 10.2. The van der Waals surface area contributed by atoms with Gasteiger partial charge in [0.15, 0.2) is 5.82 Å². The Morgan fingerprint density at radius 2 is 2.44 bits per heavy atom. The van der Waals surface area contributed by atoms with Gasteiger partial charge in [0.2, 0.25) is 0 Å². The molecule has 0 radical (unpaired) electrons. The van der Waals surface area contributed by atoms with Crippen molar-refractivity contribution in [3.05, 3.63) is 12.2 Å². The largest absolute Gasteiger partial charge is 0.319 e. The fourth-order valence-corrected chi connectivity index (χ4v) is 2.33. The monoisotopic (exact) mass is 223 g/mol. The van der Waals surface area contributed by atoms with Crippen LogP contribution in [-0.4, -0.2) is 52.9 Å². The number of likely N-dealkylation sites (tertiary alicyclic amines) is 1. The van der Waals surface area contributed by atoms with E-state index in [1.165, 1.54) is 19.5 Å². The Hall–Kier alpha value is -0.940. The molecule has 1 N–H and O–H groups in total. The lowest BCUT2D eigenvalue weighted by atomic mass is 10.1. The molecule has 2 heterocycles. The van der Waals surface area contributed by atoms with Crippen molar-refractivity contribution in [2.24, 2.45) is 13.0 Å². The van der Waals surface area contributed by atoms with Crippen LogP contribution >= 0.6 is 0 Å². The van der Waals surface area contributed by atoms with Gasteiger partial charge < -0.3 is 10.2 Å². The summed E-state index contributed by atoms with van der Waals surface area (Å²) >= 11 is 0. The lowest BCUT2D eigenvalue weighted by molar-refractivity contribution is 0.324. The van der Waals surface area contributed by atoms with Gasteiger partial charge in [-0.25, -0.2) is 4.98 Å². The summed E-state index contributed by atoms with van der Waals surface area (Å²) in [6.45, 7) is 4.66. The van der Waals surface area contributed by atoms with Crippen LogP contribution < -0.4 is 5.32 Å². The highest BCUT2D eigenvalue weighted by atomic mass is 15.3. The first kappa shape index (κ1) is 11.5. The Labute approximate surface area is 96.8 Å². The van der Waals surface area contributed by atoms with Gasteiger partial charge in [-0.2, -0.15) is 5.10 Å². The quantitative estimate of drug-likeness (QED) is 0.757. The van der Waals surface area contributed by atoms with Gasteiger partial charge in [0, 0.05) is 26.6 Å². The fourth-order valence-electron chi connectivity index (χ4n) is 2.33. The van der Waals surface area contributed by atoms with Crippen molar-refractivity contribution in [1.29, 1.82) is 0 Å². The van der Waals surface area contributed by atoms with Crippen molar-refractivity contribution in [2.75, 3.05) is 33.2 Å². The third kappa shape index (κ3) is 3.02. The van der Waals surface area contributed by atoms with Crippen LogP contribution in [0.4, 0.5) is 0 Å². The van der Waals surface area contributed by atoms with Crippen LogP contribution in [-0.2, 0) is 13.5 Å². The van der Waals surface area contributed by atoms with Crippen LogP contribution in [0.1, 0.15) is 12.2 Å². The van der Waals surface area contributed by atoms with Gasteiger partial charge in [0.25, 0.3) is 0 Å². The maximum Gasteiger partial charge on any atom is 0.151 e. The molecule has 1 fully saturated rings. The molecule has 0 aliphatic carbocycles. The number of rotatable bonds is 5. The molecule has 1 unspecified atom stereocenters. The van der Waals surface area contributed by atoms with Gasteiger partial charge in [-0.1, -0.05) is 0 Å². The molecular weight excluding hydrogens is 202 g/mol. The maximum atomic E-state index is 4.29. The van der Waals surface area contributed by atoms with Crippen LogP contribution in [0.25, 0.3) is 0 Å². The summed E-state index contributed by atoms with van der Waals surface area (Å²) < 4.78 is 1.77. The maximum absolute atomic E-state index is 4.29. The van der Waals surface area contributed by atoms with Crippen LogP contribution in [0.15, 0.2) is 6.33 Å². The summed E-state index contributed by atoms with van der Waals surface area (Å²) in [5.41, 5.74) is 0. The Bertz CT molecular complexity index is 322. The van der Waals surface area contributed by atoms with Crippen LogP contribution in [0.2, 0.25) is 0 Å². The summed E-state index contributed by atoms with van der Waals surface area (Å²) in [5, 5.41) is 7.55. The Morgan fingerprint density at radius 3 is 3.12 bits per heavy atom. The third-order valence-corrected chi connectivity index (χ3v) is 3.16. The zero-order valence-electron chi connectivity index (χ0n) is 10.2. The molecule has 5 nitrogen and oxygen atoms in total. The summed E-state index contributed by atoms with van der Waals surface area (Å²) in [5.74, 6) is 1.78. The molecule has 2 rings (SSSR count). The van der Waals surface area contributed by atoms with E-state index in [0.717, 1.165) is 31.3 Å². The molecule has 0 saturated carbocycles. The second kappa shape index (κ2) is 5.41. The first-order valence-electron chi connectivity index (χ1n) is 5.99. The number of aryl methyl sites for hydroxylation is 1. The van der Waals surface area contributed by atoms with E-state index < -0.39 is 0 Å². The summed E-state index contributed by atoms with van der Waals surface area (Å²) in [6, 6.07) is 0. The number of nitrogens with one attached hydrogen (secondary N) is 1. The molecule has 90 valence electrons. The van der Waals surface area contributed by atoms with Gasteiger partial charge in [0.1, 0.15) is 6.33 Å². The lowest BCUT2D eigenvalue weighted by Gasteiger charge is -2.14. The molecule has 0 bridgehead atoms. The third-order valence-electron chi connectivity index (χ3n) is 3.16. The minimum absolute atomic E-state index is 0.821. The normalized spacial score (nSPS) is 21.8. The fraction of sp³-hybridized carbons (Fsp3) is 0.818. The summed E-state index contributed by atoms with van der Waals surface area (Å²) in [7, 11) is 3.94. The molecule has 1 aromatic rings. The first-order valence-corrected chi connectivity index (χ1v) is 5.99. The molecule has 1 aromatic heterocycles. The second-order valence-corrected chi connectivity index (χ2v) is 4.60. The van der Waals surface area contributed by atoms with Crippen molar-refractivity contribution in [2.45, 2.75) is 12.8 Å². The molecule has 5 heteroatoms. The van der Waals surface area contributed by atoms with Crippen molar-refractivity contribution >= 4 is 0 Å². The van der Waals surface area contributed by atoms with Gasteiger partial charge in [-0.15, -0.1) is 0 Å². The van der Waals surface area contributed by atoms with E-state index in [0.29, 0.717) is 0 Å². The molecule has 0 amide bonds. The topological polar surface area (TPSA) is 46.0 Å². The predicted molar refractivity (Wildman–Crippen MR) is 63.2 cm³/mol. The van der Waals surface area contributed by atoms with E-state index in [9.17, 15) is 0 Å². The second-order valence-electron chi connectivity index (χ2n) is 4.60. The van der Waals surface area contributed by atoms with Gasteiger partial charge in [-0.3, -0.25) is 4.68 Å². The highest BCUT2D eigenvalue weighted by molar-refractivity contribution is 4.85.